The average molecular weight is 192 g/mol. The maximum atomic E-state index is 5.96. The van der Waals surface area contributed by atoms with E-state index in [9.17, 15) is 0 Å². The number of benzene rings is 1. The van der Waals surface area contributed by atoms with E-state index in [2.05, 4.69) is 5.32 Å². The molecule has 0 amide bonds. The lowest BCUT2D eigenvalue weighted by molar-refractivity contribution is 0.415. The first-order valence-corrected chi connectivity index (χ1v) is 4.89. The lowest BCUT2D eigenvalue weighted by atomic mass is 10.2. The highest BCUT2D eigenvalue weighted by molar-refractivity contribution is 5.46. The van der Waals surface area contributed by atoms with Crippen LogP contribution in [0.3, 0.4) is 0 Å². The van der Waals surface area contributed by atoms with E-state index in [0.29, 0.717) is 0 Å². The summed E-state index contributed by atoms with van der Waals surface area (Å²) >= 11 is 0. The Morgan fingerprint density at radius 3 is 2.50 bits per heavy atom. The van der Waals surface area contributed by atoms with Crippen molar-refractivity contribution in [3.05, 3.63) is 24.3 Å². The summed E-state index contributed by atoms with van der Waals surface area (Å²) in [5.74, 6) is 0.879. The molecule has 3 nitrogen and oxygen atoms in total. The maximum absolute atomic E-state index is 5.96. The van der Waals surface area contributed by atoms with Crippen molar-refractivity contribution in [1.82, 2.24) is 0 Å². The van der Waals surface area contributed by atoms with E-state index in [1.165, 1.54) is 0 Å². The largest absolute Gasteiger partial charge is 0.497 e. The average Bonchev–Trinajstić information content (AvgIpc) is 2.95. The first kappa shape index (κ1) is 9.34. The van der Waals surface area contributed by atoms with E-state index in [1.54, 1.807) is 7.11 Å². The smallest absolute Gasteiger partial charge is 0.119 e. The topological polar surface area (TPSA) is 47.3 Å². The summed E-state index contributed by atoms with van der Waals surface area (Å²) < 4.78 is 5.07. The monoisotopic (exact) mass is 192 g/mol. The summed E-state index contributed by atoms with van der Waals surface area (Å²) in [7, 11) is 1.67. The van der Waals surface area contributed by atoms with Crippen molar-refractivity contribution in [3.8, 4) is 5.75 Å². The molecule has 0 radical (unpaired) electrons. The molecule has 2 rings (SSSR count). The zero-order chi connectivity index (χ0) is 10.0. The number of methoxy groups -OCH3 is 1. The van der Waals surface area contributed by atoms with Crippen LogP contribution in [-0.2, 0) is 0 Å². The van der Waals surface area contributed by atoms with Crippen LogP contribution < -0.4 is 15.8 Å². The third kappa shape index (κ3) is 2.17. The Morgan fingerprint density at radius 1 is 1.36 bits per heavy atom. The zero-order valence-corrected chi connectivity index (χ0v) is 8.42. The van der Waals surface area contributed by atoms with Gasteiger partial charge in [-0.2, -0.15) is 0 Å². The van der Waals surface area contributed by atoms with Crippen LogP contribution in [0, 0.1) is 0 Å². The summed E-state index contributed by atoms with van der Waals surface area (Å²) in [6, 6.07) is 7.89. The van der Waals surface area contributed by atoms with Crippen LogP contribution >= 0.6 is 0 Å². The van der Waals surface area contributed by atoms with Crippen LogP contribution in [0.4, 0.5) is 5.69 Å². The van der Waals surface area contributed by atoms with Crippen LogP contribution in [0.1, 0.15) is 12.8 Å². The molecule has 0 spiro atoms. The minimum Gasteiger partial charge on any atom is -0.497 e. The second-order valence-electron chi connectivity index (χ2n) is 3.94. The van der Waals surface area contributed by atoms with Crippen molar-refractivity contribution in [3.63, 3.8) is 0 Å². The van der Waals surface area contributed by atoms with Crippen molar-refractivity contribution in [2.75, 3.05) is 19.0 Å². The van der Waals surface area contributed by atoms with E-state index in [1.807, 2.05) is 24.3 Å². The van der Waals surface area contributed by atoms with Crippen LogP contribution in [-0.4, -0.2) is 19.2 Å². The Hall–Kier alpha value is -1.22. The molecule has 1 saturated carbocycles. The summed E-state index contributed by atoms with van der Waals surface area (Å²) in [6.07, 6.45) is 2.27. The van der Waals surface area contributed by atoms with Gasteiger partial charge in [-0.25, -0.2) is 0 Å². The lowest BCUT2D eigenvalue weighted by Crippen LogP contribution is -2.30. The number of nitrogens with two attached hydrogens (primary N) is 1. The fourth-order valence-electron chi connectivity index (χ4n) is 1.32. The maximum Gasteiger partial charge on any atom is 0.119 e. The van der Waals surface area contributed by atoms with Gasteiger partial charge in [-0.15, -0.1) is 0 Å². The predicted octanol–water partition coefficient (Wildman–Crippen LogP) is 1.60. The number of anilines is 1. The predicted molar refractivity (Wildman–Crippen MR) is 57.6 cm³/mol. The Morgan fingerprint density at radius 2 is 2.00 bits per heavy atom. The summed E-state index contributed by atoms with van der Waals surface area (Å²) in [4.78, 5) is 0. The molecule has 1 aliphatic carbocycles. The van der Waals surface area contributed by atoms with Gasteiger partial charge in [0, 0.05) is 17.8 Å². The molecule has 1 aromatic carbocycles. The Balaban J connectivity index is 1.89. The highest BCUT2D eigenvalue weighted by atomic mass is 16.5. The molecular formula is C11H16N2O. The van der Waals surface area contributed by atoms with Crippen molar-refractivity contribution in [1.29, 1.82) is 0 Å². The van der Waals surface area contributed by atoms with E-state index in [4.69, 9.17) is 10.5 Å². The van der Waals surface area contributed by atoms with Gasteiger partial charge < -0.3 is 15.8 Å². The van der Waals surface area contributed by atoms with Crippen molar-refractivity contribution in [2.24, 2.45) is 5.73 Å². The Bertz CT molecular complexity index is 304. The molecule has 0 unspecified atom stereocenters. The zero-order valence-electron chi connectivity index (χ0n) is 8.42. The summed E-state index contributed by atoms with van der Waals surface area (Å²) in [6.45, 7) is 0.860. The van der Waals surface area contributed by atoms with Gasteiger partial charge in [0.15, 0.2) is 0 Å². The van der Waals surface area contributed by atoms with Gasteiger partial charge >= 0.3 is 0 Å². The molecule has 0 saturated heterocycles. The standard InChI is InChI=1S/C11H16N2O/c1-14-10-4-2-9(3-5-10)13-8-11(12)6-7-11/h2-5,13H,6-8,12H2,1H3. The molecule has 0 bridgehead atoms. The van der Waals surface area contributed by atoms with Crippen molar-refractivity contribution < 1.29 is 4.74 Å². The highest BCUT2D eigenvalue weighted by Gasteiger charge is 2.37. The Kier molecular flexibility index (Phi) is 2.33. The van der Waals surface area contributed by atoms with Crippen LogP contribution in [0.5, 0.6) is 5.75 Å². The van der Waals surface area contributed by atoms with Crippen LogP contribution in [0.2, 0.25) is 0 Å². The summed E-state index contributed by atoms with van der Waals surface area (Å²) in [5, 5.41) is 3.32. The number of nitrogens with one attached hydrogen (secondary N) is 1. The summed E-state index contributed by atoms with van der Waals surface area (Å²) in [5.41, 5.74) is 7.12. The van der Waals surface area contributed by atoms with Gasteiger partial charge in [-0.3, -0.25) is 0 Å². The van der Waals surface area contributed by atoms with Gasteiger partial charge in [0.2, 0.25) is 0 Å². The minimum atomic E-state index is 0.0555. The fourth-order valence-corrected chi connectivity index (χ4v) is 1.32. The van der Waals surface area contributed by atoms with Crippen LogP contribution in [0.15, 0.2) is 24.3 Å². The highest BCUT2D eigenvalue weighted by Crippen LogP contribution is 2.32. The van der Waals surface area contributed by atoms with Gasteiger partial charge in [0.05, 0.1) is 7.11 Å². The van der Waals surface area contributed by atoms with Gasteiger partial charge in [0.1, 0.15) is 5.75 Å². The fraction of sp³-hybridized carbons (Fsp3) is 0.455. The molecular weight excluding hydrogens is 176 g/mol. The van der Waals surface area contributed by atoms with Crippen molar-refractivity contribution >= 4 is 5.69 Å². The van der Waals surface area contributed by atoms with Gasteiger partial charge in [-0.05, 0) is 37.1 Å². The molecule has 3 heteroatoms. The van der Waals surface area contributed by atoms with Gasteiger partial charge in [0.25, 0.3) is 0 Å². The third-order valence-electron chi connectivity index (χ3n) is 2.63. The first-order valence-electron chi connectivity index (χ1n) is 4.89. The quantitative estimate of drug-likeness (QED) is 0.761. The lowest BCUT2D eigenvalue weighted by Gasteiger charge is -2.11. The SMILES string of the molecule is COc1ccc(NCC2(N)CC2)cc1. The molecule has 0 heterocycles. The minimum absolute atomic E-state index is 0.0555. The molecule has 1 fully saturated rings. The van der Waals surface area contributed by atoms with E-state index in [-0.39, 0.29) is 5.54 Å². The van der Waals surface area contributed by atoms with E-state index in [0.717, 1.165) is 30.8 Å². The molecule has 0 aromatic heterocycles. The number of hydrogen-bond donors (Lipinski definition) is 2. The van der Waals surface area contributed by atoms with Crippen molar-refractivity contribution in [2.45, 2.75) is 18.4 Å². The molecule has 76 valence electrons. The van der Waals surface area contributed by atoms with E-state index >= 15 is 0 Å². The number of ether oxygens (including phenoxy) is 1. The van der Waals surface area contributed by atoms with Crippen LogP contribution in [0.25, 0.3) is 0 Å². The molecule has 0 aliphatic heterocycles. The normalized spacial score (nSPS) is 17.6. The second-order valence-corrected chi connectivity index (χ2v) is 3.94. The molecule has 3 N–H and O–H groups in total. The molecule has 14 heavy (non-hydrogen) atoms. The van der Waals surface area contributed by atoms with Gasteiger partial charge in [-0.1, -0.05) is 0 Å². The Labute approximate surface area is 84.3 Å². The third-order valence-corrected chi connectivity index (χ3v) is 2.63. The number of rotatable bonds is 4. The molecule has 1 aliphatic rings. The molecule has 0 atom stereocenters. The number of hydrogen-bond acceptors (Lipinski definition) is 3. The second kappa shape index (κ2) is 3.50. The first-order chi connectivity index (χ1) is 6.72. The van der Waals surface area contributed by atoms with E-state index < -0.39 is 0 Å². The molecule has 1 aromatic rings.